The van der Waals surface area contributed by atoms with Gasteiger partial charge in [0.2, 0.25) is 0 Å². The number of halogens is 5. The monoisotopic (exact) mass is 386 g/mol. The van der Waals surface area contributed by atoms with Crippen LogP contribution in [0.4, 0.5) is 13.2 Å². The zero-order valence-electron chi connectivity index (χ0n) is 11.5. The van der Waals surface area contributed by atoms with Gasteiger partial charge in [0.15, 0.2) is 0 Å². The van der Waals surface area contributed by atoms with Crippen LogP contribution in [0.1, 0.15) is 24.4 Å². The molecule has 1 saturated heterocycles. The number of hydrogen-bond donors (Lipinski definition) is 1. The van der Waals surface area contributed by atoms with Crippen molar-refractivity contribution >= 4 is 28.3 Å². The molecule has 0 aromatic heterocycles. The van der Waals surface area contributed by atoms with E-state index in [1.54, 1.807) is 0 Å². The highest BCUT2D eigenvalue weighted by molar-refractivity contribution is 9.10. The maximum Gasteiger partial charge on any atom is 0.389 e. The Morgan fingerprint density at radius 3 is 2.24 bits per heavy atom. The molecule has 0 aliphatic carbocycles. The van der Waals surface area contributed by atoms with Crippen LogP contribution in [0.15, 0.2) is 28.7 Å². The van der Waals surface area contributed by atoms with Crippen molar-refractivity contribution < 1.29 is 13.2 Å². The Morgan fingerprint density at radius 2 is 1.71 bits per heavy atom. The van der Waals surface area contributed by atoms with Crippen molar-refractivity contribution in [2.24, 2.45) is 0 Å². The Morgan fingerprint density at radius 1 is 1.14 bits per heavy atom. The number of nitrogens with one attached hydrogen (secondary N) is 1. The minimum absolute atomic E-state index is 0. The molecule has 1 aromatic carbocycles. The first-order valence-corrected chi connectivity index (χ1v) is 7.52. The summed E-state index contributed by atoms with van der Waals surface area (Å²) < 4.78 is 38.5. The van der Waals surface area contributed by atoms with Gasteiger partial charge in [-0.15, -0.1) is 12.4 Å². The predicted molar refractivity (Wildman–Crippen MR) is 83.9 cm³/mol. The summed E-state index contributed by atoms with van der Waals surface area (Å²) in [6, 6.07) is 7.43. The average Bonchev–Trinajstić information content (AvgIpc) is 2.41. The smallest absolute Gasteiger partial charge is 0.314 e. The lowest BCUT2D eigenvalue weighted by Gasteiger charge is -2.35. The summed E-state index contributed by atoms with van der Waals surface area (Å²) in [5, 5.41) is 3.23. The summed E-state index contributed by atoms with van der Waals surface area (Å²) in [5.41, 5.74) is 0.958. The third-order valence-corrected chi connectivity index (χ3v) is 4.08. The second-order valence-electron chi connectivity index (χ2n) is 5.01. The van der Waals surface area contributed by atoms with Crippen LogP contribution in [0.5, 0.6) is 0 Å². The van der Waals surface area contributed by atoms with Crippen molar-refractivity contribution in [2.75, 3.05) is 26.2 Å². The van der Waals surface area contributed by atoms with Crippen LogP contribution in [0.2, 0.25) is 0 Å². The summed E-state index contributed by atoms with van der Waals surface area (Å²) >= 11 is 3.36. The Kier molecular flexibility index (Phi) is 7.47. The lowest BCUT2D eigenvalue weighted by Crippen LogP contribution is -2.45. The van der Waals surface area contributed by atoms with Crippen LogP contribution in [-0.4, -0.2) is 37.3 Å². The van der Waals surface area contributed by atoms with Gasteiger partial charge < -0.3 is 5.32 Å². The van der Waals surface area contributed by atoms with E-state index in [2.05, 4.69) is 26.1 Å². The maximum absolute atomic E-state index is 12.5. The first kappa shape index (κ1) is 18.7. The second-order valence-corrected chi connectivity index (χ2v) is 5.92. The number of piperazine rings is 1. The molecule has 1 aromatic rings. The average molecular weight is 388 g/mol. The topological polar surface area (TPSA) is 15.3 Å². The Labute approximate surface area is 137 Å². The molecule has 1 aliphatic rings. The lowest BCUT2D eigenvalue weighted by atomic mass is 9.99. The van der Waals surface area contributed by atoms with Gasteiger partial charge in [-0.05, 0) is 24.1 Å². The van der Waals surface area contributed by atoms with E-state index in [0.717, 1.165) is 36.2 Å². The van der Waals surface area contributed by atoms with Gasteiger partial charge in [0.25, 0.3) is 0 Å². The van der Waals surface area contributed by atoms with Gasteiger partial charge in [0, 0.05) is 43.1 Å². The third kappa shape index (κ3) is 6.14. The van der Waals surface area contributed by atoms with Crippen molar-refractivity contribution in [3.05, 3.63) is 34.3 Å². The van der Waals surface area contributed by atoms with Crippen LogP contribution in [0, 0.1) is 0 Å². The zero-order chi connectivity index (χ0) is 14.6. The van der Waals surface area contributed by atoms with Crippen molar-refractivity contribution in [2.45, 2.75) is 25.1 Å². The van der Waals surface area contributed by atoms with E-state index >= 15 is 0 Å². The zero-order valence-corrected chi connectivity index (χ0v) is 13.9. The molecule has 0 spiro atoms. The Hall–Kier alpha value is -0.300. The molecule has 0 radical (unpaired) electrons. The number of alkyl halides is 3. The Balaban J connectivity index is 0.00000220. The summed E-state index contributed by atoms with van der Waals surface area (Å²) in [4.78, 5) is 2.14. The first-order chi connectivity index (χ1) is 9.46. The van der Waals surface area contributed by atoms with Crippen LogP contribution in [0.25, 0.3) is 0 Å². The maximum atomic E-state index is 12.5. The highest BCUT2D eigenvalue weighted by Gasteiger charge is 2.31. The van der Waals surface area contributed by atoms with Gasteiger partial charge in [0.1, 0.15) is 0 Å². The van der Waals surface area contributed by atoms with E-state index in [4.69, 9.17) is 0 Å². The van der Waals surface area contributed by atoms with Gasteiger partial charge in [-0.25, -0.2) is 0 Å². The molecule has 0 amide bonds. The van der Waals surface area contributed by atoms with E-state index in [0.29, 0.717) is 0 Å². The lowest BCUT2D eigenvalue weighted by molar-refractivity contribution is -0.138. The molecular formula is C14H19BrClF3N2. The van der Waals surface area contributed by atoms with Crippen molar-refractivity contribution in [1.29, 1.82) is 0 Å². The highest BCUT2D eigenvalue weighted by Crippen LogP contribution is 2.32. The van der Waals surface area contributed by atoms with Crippen LogP contribution >= 0.6 is 28.3 Å². The summed E-state index contributed by atoms with van der Waals surface area (Å²) in [6.45, 7) is 3.25. The van der Waals surface area contributed by atoms with Crippen LogP contribution in [0.3, 0.4) is 0 Å². The number of benzene rings is 1. The molecule has 120 valence electrons. The van der Waals surface area contributed by atoms with Gasteiger partial charge in [-0.1, -0.05) is 28.1 Å². The number of hydrogen-bond acceptors (Lipinski definition) is 2. The normalized spacial score (nSPS) is 18.1. The molecule has 0 bridgehead atoms. The molecule has 2 nitrogen and oxygen atoms in total. The molecule has 21 heavy (non-hydrogen) atoms. The fourth-order valence-electron chi connectivity index (χ4n) is 2.54. The highest BCUT2D eigenvalue weighted by atomic mass is 79.9. The van der Waals surface area contributed by atoms with E-state index in [1.165, 1.54) is 0 Å². The summed E-state index contributed by atoms with van der Waals surface area (Å²) in [5.74, 6) is 0. The minimum atomic E-state index is -4.10. The molecule has 1 atom stereocenters. The van der Waals surface area contributed by atoms with E-state index in [9.17, 15) is 13.2 Å². The largest absolute Gasteiger partial charge is 0.389 e. The molecule has 1 aliphatic heterocycles. The predicted octanol–water partition coefficient (Wildman–Crippen LogP) is 4.16. The van der Waals surface area contributed by atoms with E-state index in [1.807, 2.05) is 24.3 Å². The van der Waals surface area contributed by atoms with Gasteiger partial charge in [-0.2, -0.15) is 13.2 Å². The van der Waals surface area contributed by atoms with E-state index in [-0.39, 0.29) is 24.9 Å². The quantitative estimate of drug-likeness (QED) is 0.834. The molecule has 7 heteroatoms. The van der Waals surface area contributed by atoms with Gasteiger partial charge in [0.05, 0.1) is 0 Å². The van der Waals surface area contributed by atoms with Crippen molar-refractivity contribution in [1.82, 2.24) is 10.2 Å². The van der Waals surface area contributed by atoms with Gasteiger partial charge >= 0.3 is 6.18 Å². The van der Waals surface area contributed by atoms with E-state index < -0.39 is 12.6 Å². The SMILES string of the molecule is Cl.FC(F)(F)CC[C@@H](c1ccc(Br)cc1)N1CCNCC1. The molecule has 1 fully saturated rings. The fourth-order valence-corrected chi connectivity index (χ4v) is 2.80. The molecule has 1 heterocycles. The summed E-state index contributed by atoms with van der Waals surface area (Å²) in [7, 11) is 0. The molecule has 1 N–H and O–H groups in total. The van der Waals surface area contributed by atoms with Gasteiger partial charge in [-0.3, -0.25) is 4.90 Å². The minimum Gasteiger partial charge on any atom is -0.314 e. The number of rotatable bonds is 4. The Bertz CT molecular complexity index is 419. The van der Waals surface area contributed by atoms with Crippen molar-refractivity contribution in [3.8, 4) is 0 Å². The molecule has 2 rings (SSSR count). The third-order valence-electron chi connectivity index (χ3n) is 3.55. The number of nitrogens with zero attached hydrogens (tertiary/aromatic N) is 1. The fraction of sp³-hybridized carbons (Fsp3) is 0.571. The standard InChI is InChI=1S/C14H18BrF3N2.ClH/c15-12-3-1-11(2-4-12)13(5-6-14(16,17)18)20-9-7-19-8-10-20;/h1-4,13,19H,5-10H2;1H/t13-;/m0./s1. The molecule has 0 unspecified atom stereocenters. The van der Waals surface area contributed by atoms with Crippen molar-refractivity contribution in [3.63, 3.8) is 0 Å². The van der Waals surface area contributed by atoms with Crippen LogP contribution < -0.4 is 5.32 Å². The first-order valence-electron chi connectivity index (χ1n) is 6.73. The second kappa shape index (κ2) is 8.36. The summed E-state index contributed by atoms with van der Waals surface area (Å²) in [6.07, 6.45) is -4.72. The van der Waals surface area contributed by atoms with Crippen LogP contribution in [-0.2, 0) is 0 Å². The molecular weight excluding hydrogens is 369 g/mol. The molecule has 0 saturated carbocycles.